The molecule has 0 saturated carbocycles. The number of hydrogen-bond acceptors (Lipinski definition) is 13. The third-order valence-electron chi connectivity index (χ3n) is 11.6. The molecule has 0 atom stereocenters. The predicted molar refractivity (Wildman–Crippen MR) is 310 cm³/mol. The average molecular weight is 1230 g/mol. The predicted octanol–water partition coefficient (Wildman–Crippen LogP) is 9.95. The van der Waals surface area contributed by atoms with E-state index in [1.807, 2.05) is 136 Å². The number of carbonyl (C=O) groups excluding carboxylic acids is 2. The number of aliphatic hydroxyl groups is 1. The number of aryl methyl sites for hydroxylation is 3. The molecule has 0 aliphatic carbocycles. The van der Waals surface area contributed by atoms with E-state index >= 15 is 0 Å². The molecule has 2 aliphatic heterocycles. The Hall–Kier alpha value is -6.87. The summed E-state index contributed by atoms with van der Waals surface area (Å²) in [5, 5.41) is 18.0. The van der Waals surface area contributed by atoms with Crippen molar-refractivity contribution in [3.8, 4) is 0 Å². The van der Waals surface area contributed by atoms with Gasteiger partial charge in [-0.3, -0.25) is 14.8 Å². The van der Waals surface area contributed by atoms with Crippen molar-refractivity contribution in [3.05, 3.63) is 231 Å². The van der Waals surface area contributed by atoms with E-state index in [0.29, 0.717) is 0 Å². The average Bonchev–Trinajstić information content (AvgIpc) is 3.77. The number of amides is 2. The van der Waals surface area contributed by atoms with Gasteiger partial charge in [0.1, 0.15) is 35.8 Å². The molecule has 5 N–H and O–H groups in total. The zero-order valence-corrected chi connectivity index (χ0v) is 50.0. The second kappa shape index (κ2) is 33.7. The Labute approximate surface area is 492 Å². The minimum atomic E-state index is -3.76. The molecule has 0 aromatic heterocycles. The molecule has 0 spiro atoms. The van der Waals surface area contributed by atoms with E-state index in [4.69, 9.17) is 15.2 Å². The Bertz CT molecular complexity index is 3240. The van der Waals surface area contributed by atoms with Crippen LogP contribution in [0, 0.1) is 30.7 Å². The van der Waals surface area contributed by atoms with Gasteiger partial charge >= 0.3 is 0 Å². The van der Waals surface area contributed by atoms with Crippen LogP contribution in [-0.4, -0.2) is 94.9 Å². The molecule has 0 fully saturated rings. The molecular weight excluding hydrogens is 1160 g/mol. The summed E-state index contributed by atoms with van der Waals surface area (Å²) in [6.07, 6.45) is 0. The molecule has 7 aromatic carbocycles. The number of nitrogens with zero attached hydrogens (tertiary/aromatic N) is 4. The Morgan fingerprint density at radius 1 is 0.588 bits per heavy atom. The van der Waals surface area contributed by atoms with Gasteiger partial charge in [-0.15, -0.1) is 0 Å². The van der Waals surface area contributed by atoms with Crippen molar-refractivity contribution in [3.63, 3.8) is 0 Å². The third-order valence-corrected chi connectivity index (χ3v) is 14.7. The van der Waals surface area contributed by atoms with Gasteiger partial charge in [-0.05, 0) is 108 Å². The zero-order chi connectivity index (χ0) is 57.7. The maximum absolute atomic E-state index is 12.5. The molecule has 0 saturated heterocycles. The molecule has 17 nitrogen and oxygen atoms in total. The Morgan fingerprint density at radius 2 is 0.975 bits per heavy atom. The van der Waals surface area contributed by atoms with Crippen molar-refractivity contribution in [1.29, 1.82) is 0 Å². The molecule has 2 aliphatic rings. The van der Waals surface area contributed by atoms with Crippen LogP contribution in [0.2, 0.25) is 0 Å². The first-order valence-electron chi connectivity index (χ1n) is 24.0. The van der Waals surface area contributed by atoms with Crippen molar-refractivity contribution in [2.24, 2.45) is 0 Å². The fourth-order valence-electron chi connectivity index (χ4n) is 6.95. The second-order valence-corrected chi connectivity index (χ2v) is 22.4. The molecule has 2 amide bonds. The standard InChI is InChI=1S/C16H16N2O3S.C9H13N.C9H12N.C9H12O2.C9H12O.C7H5NO3S.2Cu.O2.H2O/c1-12-7-9-13(10-8-12)17(2)11-18-16(19)14-5-3-4-6-15(14)22(18,20)21;2*1-8-4-6-9(7-5-8)10(2)3;1-9(2,11-10)8-6-4-3-5-7-8;1-9(2,10)8-6-4-3-5-7-8;9-7-5-3-1-2-4-6(5)12(10,11)8-7;;;1-2;/h3-10H,11H2,1-2H3;4-7H,1-3H3;4-7H,2H2,1,3H3;3-7,10H,1-2H3;3-7,10H,1-2H3;1-4H,(H,8,9);;;;1H2/q;;+1;;;;;;;. The van der Waals surface area contributed by atoms with Gasteiger partial charge in [-0.2, -0.15) is 0 Å². The van der Waals surface area contributed by atoms with Gasteiger partial charge in [0.2, 0.25) is 5.69 Å². The van der Waals surface area contributed by atoms with Crippen LogP contribution < -0.4 is 14.5 Å². The van der Waals surface area contributed by atoms with Gasteiger partial charge in [0.25, 0.3) is 31.9 Å². The Morgan fingerprint density at radius 3 is 1.36 bits per heavy atom. The summed E-state index contributed by atoms with van der Waals surface area (Å²) in [5.74, 6) is -1.03. The van der Waals surface area contributed by atoms with Gasteiger partial charge < -0.3 is 20.4 Å². The van der Waals surface area contributed by atoms with E-state index < -0.39 is 43.1 Å². The number of rotatable bonds is 8. The van der Waals surface area contributed by atoms with Crippen LogP contribution in [0.5, 0.6) is 0 Å². The summed E-state index contributed by atoms with van der Waals surface area (Å²) in [6.45, 7) is 17.1. The normalized spacial score (nSPS) is 12.5. The molecule has 2 radical (unpaired) electrons. The van der Waals surface area contributed by atoms with Gasteiger partial charge in [0, 0.05) is 88.7 Å². The molecular formula is C59H72Cu2N5O12S2+. The van der Waals surface area contributed by atoms with Crippen molar-refractivity contribution in [2.45, 2.75) is 69.5 Å². The Balaban J connectivity index is 0.000000953. The minimum Gasteiger partial charge on any atom is -0.412 e. The van der Waals surface area contributed by atoms with E-state index in [1.165, 1.54) is 35.0 Å². The van der Waals surface area contributed by atoms with Crippen molar-refractivity contribution in [2.75, 3.05) is 44.7 Å². The summed E-state index contributed by atoms with van der Waals surface area (Å²) < 4.78 is 51.9. The number of anilines is 2. The van der Waals surface area contributed by atoms with E-state index in [2.05, 4.69) is 78.9 Å². The first-order valence-corrected chi connectivity index (χ1v) is 26.9. The second-order valence-electron chi connectivity index (χ2n) is 18.9. The van der Waals surface area contributed by atoms with Crippen LogP contribution in [0.15, 0.2) is 192 Å². The molecule has 0 bridgehead atoms. The third kappa shape index (κ3) is 21.6. The van der Waals surface area contributed by atoms with Gasteiger partial charge in [0.05, 0.1) is 16.7 Å². The fraction of sp³-hybridized carbons (Fsp3) is 0.237. The molecule has 7 aromatic rings. The molecule has 2 heterocycles. The number of nitrogens with one attached hydrogen (secondary N) is 1. The quantitative estimate of drug-likeness (QED) is 0.0422. The molecule has 438 valence electrons. The molecule has 21 heteroatoms. The van der Waals surface area contributed by atoms with Crippen molar-refractivity contribution in [1.82, 2.24) is 9.03 Å². The van der Waals surface area contributed by atoms with Crippen LogP contribution in [0.3, 0.4) is 0 Å². The summed E-state index contributed by atoms with van der Waals surface area (Å²) in [5.41, 5.74) is 8.02. The van der Waals surface area contributed by atoms with Crippen LogP contribution in [0.4, 0.5) is 17.1 Å². The summed E-state index contributed by atoms with van der Waals surface area (Å²) in [6, 6.07) is 56.0. The van der Waals surface area contributed by atoms with E-state index in [-0.39, 0.29) is 67.2 Å². The largest absolute Gasteiger partial charge is 0.412 e. The van der Waals surface area contributed by atoms with Gasteiger partial charge in [0.15, 0.2) is 0 Å². The van der Waals surface area contributed by atoms with Crippen molar-refractivity contribution >= 4 is 55.6 Å². The van der Waals surface area contributed by atoms with Crippen LogP contribution in [-0.2, 0) is 70.3 Å². The van der Waals surface area contributed by atoms with E-state index in [9.17, 15) is 31.5 Å². The summed E-state index contributed by atoms with van der Waals surface area (Å²) >= 11 is 0. The number of benzene rings is 7. The molecule has 80 heavy (non-hydrogen) atoms. The maximum Gasteiger partial charge on any atom is 0.270 e. The maximum atomic E-state index is 12.5. The van der Waals surface area contributed by atoms with Crippen LogP contribution in [0.25, 0.3) is 0 Å². The number of fused-ring (bicyclic) bond motifs is 2. The van der Waals surface area contributed by atoms with E-state index in [1.54, 1.807) is 56.1 Å². The zero-order valence-electron chi connectivity index (χ0n) is 46.5. The molecule has 0 unspecified atom stereocenters. The SMILES string of the molecule is C=[N+](C)c1ccc(C)cc1.CC(C)(O)c1ccccc1.CC(C)(OO)c1ccccc1.Cc1ccc(N(C)C)cc1.Cc1ccc(N(C)CN2C(=O)c3ccccc3S2(=O)=O)cc1.O.O=C1NS(=O)(=O)c2ccccc21.O=O.[Cu].[Cu]. The number of sulfonamides is 2. The number of hydrogen-bond donors (Lipinski definition) is 3. The van der Waals surface area contributed by atoms with Gasteiger partial charge in [-0.25, -0.2) is 35.3 Å². The van der Waals surface area contributed by atoms with E-state index in [0.717, 1.165) is 32.4 Å². The Kier molecular flexibility index (Phi) is 30.8. The smallest absolute Gasteiger partial charge is 0.270 e. The fourth-order valence-corrected chi connectivity index (χ4v) is 9.68. The van der Waals surface area contributed by atoms with Crippen molar-refractivity contribution < 1.29 is 85.9 Å². The van der Waals surface area contributed by atoms with Crippen LogP contribution >= 0.6 is 0 Å². The van der Waals surface area contributed by atoms with Crippen LogP contribution in [0.1, 0.15) is 76.2 Å². The van der Waals surface area contributed by atoms with Gasteiger partial charge in [-0.1, -0.05) is 138 Å². The topological polar surface area (TPSA) is 243 Å². The first kappa shape index (κ1) is 73.1. The minimum absolute atomic E-state index is 0. The monoisotopic (exact) mass is 1230 g/mol. The number of carbonyl (C=O) groups is 2. The first-order chi connectivity index (χ1) is 36.2. The summed E-state index contributed by atoms with van der Waals surface area (Å²) in [4.78, 5) is 45.6. The molecule has 9 rings (SSSR count). The summed E-state index contributed by atoms with van der Waals surface area (Å²) in [7, 11) is 0.469.